The zero-order valence-corrected chi connectivity index (χ0v) is 15.4. The Morgan fingerprint density at radius 1 is 1.04 bits per heavy atom. The van der Waals surface area contributed by atoms with Crippen LogP contribution in [-0.4, -0.2) is 31.7 Å². The van der Waals surface area contributed by atoms with Crippen molar-refractivity contribution in [2.45, 2.75) is 26.9 Å². The third-order valence-electron chi connectivity index (χ3n) is 3.74. The van der Waals surface area contributed by atoms with Crippen LogP contribution in [-0.2, 0) is 14.3 Å². The summed E-state index contributed by atoms with van der Waals surface area (Å²) in [4.78, 5) is 24.1. The molecule has 6 heteroatoms. The number of aryl methyl sites for hydroxylation is 2. The third kappa shape index (κ3) is 5.51. The van der Waals surface area contributed by atoms with E-state index in [-0.39, 0.29) is 6.61 Å². The smallest absolute Gasteiger partial charge is 0.344 e. The maximum absolute atomic E-state index is 12.2. The minimum Gasteiger partial charge on any atom is -0.497 e. The summed E-state index contributed by atoms with van der Waals surface area (Å²) < 4.78 is 15.5. The predicted octanol–water partition coefficient (Wildman–Crippen LogP) is 3.26. The quantitative estimate of drug-likeness (QED) is 0.770. The van der Waals surface area contributed by atoms with E-state index in [9.17, 15) is 9.59 Å². The number of methoxy groups -OCH3 is 1. The van der Waals surface area contributed by atoms with Gasteiger partial charge >= 0.3 is 5.97 Å². The molecule has 0 bridgehead atoms. The SMILES string of the molecule is COc1ccc(OCC(=O)OC(C)C(=O)Nc2cc(C)ccc2C)cc1. The lowest BCUT2D eigenvalue weighted by atomic mass is 10.1. The molecular formula is C20H23NO5. The van der Waals surface area contributed by atoms with Crippen molar-refractivity contribution in [2.24, 2.45) is 0 Å². The first-order valence-electron chi connectivity index (χ1n) is 8.23. The van der Waals surface area contributed by atoms with Crippen molar-refractivity contribution >= 4 is 17.6 Å². The molecule has 0 aliphatic rings. The van der Waals surface area contributed by atoms with Crippen molar-refractivity contribution in [1.82, 2.24) is 0 Å². The van der Waals surface area contributed by atoms with Gasteiger partial charge < -0.3 is 19.5 Å². The van der Waals surface area contributed by atoms with E-state index in [1.165, 1.54) is 6.92 Å². The summed E-state index contributed by atoms with van der Waals surface area (Å²) in [5.41, 5.74) is 2.67. The Kier molecular flexibility index (Phi) is 6.60. The normalized spacial score (nSPS) is 11.4. The van der Waals surface area contributed by atoms with Crippen LogP contribution < -0.4 is 14.8 Å². The fraction of sp³-hybridized carbons (Fsp3) is 0.300. The molecule has 2 rings (SSSR count). The van der Waals surface area contributed by atoms with Crippen LogP contribution in [0.4, 0.5) is 5.69 Å². The first-order chi connectivity index (χ1) is 12.4. The molecule has 0 saturated carbocycles. The van der Waals surface area contributed by atoms with Crippen LogP contribution in [0.1, 0.15) is 18.1 Å². The molecule has 6 nitrogen and oxygen atoms in total. The Hall–Kier alpha value is -3.02. The summed E-state index contributed by atoms with van der Waals surface area (Å²) >= 11 is 0. The van der Waals surface area contributed by atoms with E-state index < -0.39 is 18.0 Å². The summed E-state index contributed by atoms with van der Waals surface area (Å²) in [6.07, 6.45) is -0.929. The first-order valence-corrected chi connectivity index (χ1v) is 8.23. The zero-order chi connectivity index (χ0) is 19.1. The highest BCUT2D eigenvalue weighted by Crippen LogP contribution is 2.18. The van der Waals surface area contributed by atoms with E-state index >= 15 is 0 Å². The number of esters is 1. The highest BCUT2D eigenvalue weighted by atomic mass is 16.6. The molecule has 2 aromatic carbocycles. The van der Waals surface area contributed by atoms with Crippen LogP contribution in [0.2, 0.25) is 0 Å². The lowest BCUT2D eigenvalue weighted by molar-refractivity contribution is -0.155. The highest BCUT2D eigenvalue weighted by Gasteiger charge is 2.19. The number of hydrogen-bond acceptors (Lipinski definition) is 5. The number of ether oxygens (including phenoxy) is 3. The maximum atomic E-state index is 12.2. The number of carbonyl (C=O) groups is 2. The summed E-state index contributed by atoms with van der Waals surface area (Å²) in [7, 11) is 1.57. The van der Waals surface area contributed by atoms with E-state index in [0.717, 1.165) is 11.1 Å². The summed E-state index contributed by atoms with van der Waals surface area (Å²) in [5.74, 6) is 0.188. The summed E-state index contributed by atoms with van der Waals surface area (Å²) in [6, 6.07) is 12.6. The Morgan fingerprint density at radius 2 is 1.69 bits per heavy atom. The van der Waals surface area contributed by atoms with Gasteiger partial charge in [0.15, 0.2) is 12.7 Å². The van der Waals surface area contributed by atoms with Crippen LogP contribution in [0.25, 0.3) is 0 Å². The second-order valence-electron chi connectivity index (χ2n) is 5.90. The van der Waals surface area contributed by atoms with Crippen molar-refractivity contribution in [3.63, 3.8) is 0 Å². The molecule has 0 aromatic heterocycles. The van der Waals surface area contributed by atoms with Crippen LogP contribution in [0.15, 0.2) is 42.5 Å². The van der Waals surface area contributed by atoms with Crippen LogP contribution in [0.5, 0.6) is 11.5 Å². The molecule has 0 aliphatic carbocycles. The molecule has 0 fully saturated rings. The molecule has 0 aliphatic heterocycles. The molecule has 1 N–H and O–H groups in total. The van der Waals surface area contributed by atoms with Gasteiger partial charge in [0.05, 0.1) is 7.11 Å². The van der Waals surface area contributed by atoms with Gasteiger partial charge in [0.25, 0.3) is 5.91 Å². The highest BCUT2D eigenvalue weighted by molar-refractivity contribution is 5.95. The fourth-order valence-electron chi connectivity index (χ4n) is 2.20. The van der Waals surface area contributed by atoms with Crippen molar-refractivity contribution < 1.29 is 23.8 Å². The van der Waals surface area contributed by atoms with Gasteiger partial charge in [-0.1, -0.05) is 12.1 Å². The standard InChI is InChI=1S/C20H23NO5/c1-13-5-6-14(2)18(11-13)21-20(23)15(3)26-19(22)12-25-17-9-7-16(24-4)8-10-17/h5-11,15H,12H2,1-4H3,(H,21,23). The molecule has 1 atom stereocenters. The number of anilines is 1. The number of nitrogens with one attached hydrogen (secondary N) is 1. The van der Waals surface area contributed by atoms with E-state index in [0.29, 0.717) is 17.2 Å². The van der Waals surface area contributed by atoms with Gasteiger partial charge in [-0.25, -0.2) is 4.79 Å². The Labute approximate surface area is 153 Å². The number of hydrogen-bond donors (Lipinski definition) is 1. The molecule has 1 amide bonds. The average molecular weight is 357 g/mol. The van der Waals surface area contributed by atoms with Gasteiger partial charge in [0, 0.05) is 5.69 Å². The van der Waals surface area contributed by atoms with Gasteiger partial charge in [-0.05, 0) is 62.2 Å². The van der Waals surface area contributed by atoms with E-state index in [4.69, 9.17) is 14.2 Å². The van der Waals surface area contributed by atoms with Crippen molar-refractivity contribution in [2.75, 3.05) is 19.0 Å². The molecule has 0 heterocycles. The van der Waals surface area contributed by atoms with Gasteiger partial charge in [0.1, 0.15) is 11.5 Å². The van der Waals surface area contributed by atoms with Crippen molar-refractivity contribution in [3.05, 3.63) is 53.6 Å². The molecule has 1 unspecified atom stereocenters. The van der Waals surface area contributed by atoms with Crippen molar-refractivity contribution in [1.29, 1.82) is 0 Å². The van der Waals surface area contributed by atoms with E-state index in [2.05, 4.69) is 5.32 Å². The Morgan fingerprint density at radius 3 is 2.35 bits per heavy atom. The third-order valence-corrected chi connectivity index (χ3v) is 3.74. The van der Waals surface area contributed by atoms with Gasteiger partial charge in [-0.15, -0.1) is 0 Å². The minimum atomic E-state index is -0.929. The van der Waals surface area contributed by atoms with E-state index in [1.54, 1.807) is 31.4 Å². The molecule has 26 heavy (non-hydrogen) atoms. The zero-order valence-electron chi connectivity index (χ0n) is 15.4. The minimum absolute atomic E-state index is 0.284. The first kappa shape index (κ1) is 19.3. The van der Waals surface area contributed by atoms with Gasteiger partial charge in [-0.2, -0.15) is 0 Å². The summed E-state index contributed by atoms with van der Waals surface area (Å²) in [6.45, 7) is 5.07. The predicted molar refractivity (Wildman–Crippen MR) is 98.6 cm³/mol. The monoisotopic (exact) mass is 357 g/mol. The molecule has 2 aromatic rings. The molecule has 0 saturated heterocycles. The Balaban J connectivity index is 1.83. The topological polar surface area (TPSA) is 73.9 Å². The van der Waals surface area contributed by atoms with Gasteiger partial charge in [-0.3, -0.25) is 4.79 Å². The molecule has 0 radical (unpaired) electrons. The molecule has 0 spiro atoms. The van der Waals surface area contributed by atoms with Crippen LogP contribution in [0.3, 0.4) is 0 Å². The van der Waals surface area contributed by atoms with Crippen molar-refractivity contribution in [3.8, 4) is 11.5 Å². The largest absolute Gasteiger partial charge is 0.497 e. The number of rotatable bonds is 7. The number of amides is 1. The molecular weight excluding hydrogens is 334 g/mol. The second-order valence-corrected chi connectivity index (χ2v) is 5.90. The van der Waals surface area contributed by atoms with Gasteiger partial charge in [0.2, 0.25) is 0 Å². The average Bonchev–Trinajstić information content (AvgIpc) is 2.63. The second kappa shape index (κ2) is 8.89. The van der Waals surface area contributed by atoms with Crippen LogP contribution >= 0.6 is 0 Å². The Bertz CT molecular complexity index is 770. The lowest BCUT2D eigenvalue weighted by Crippen LogP contribution is -2.31. The van der Waals surface area contributed by atoms with Crippen LogP contribution in [0, 0.1) is 13.8 Å². The molecule has 138 valence electrons. The number of carbonyl (C=O) groups excluding carboxylic acids is 2. The maximum Gasteiger partial charge on any atom is 0.344 e. The number of benzene rings is 2. The summed E-state index contributed by atoms with van der Waals surface area (Å²) in [5, 5.41) is 2.77. The fourth-order valence-corrected chi connectivity index (χ4v) is 2.20. The lowest BCUT2D eigenvalue weighted by Gasteiger charge is -2.15. The van der Waals surface area contributed by atoms with E-state index in [1.807, 2.05) is 32.0 Å².